The summed E-state index contributed by atoms with van der Waals surface area (Å²) < 4.78 is 17.0. The number of rotatable bonds is 3. The molecule has 1 aromatic rings. The van der Waals surface area contributed by atoms with Crippen molar-refractivity contribution in [3.8, 4) is 0 Å². The molecule has 0 radical (unpaired) electrons. The van der Waals surface area contributed by atoms with Crippen molar-refractivity contribution < 1.29 is 14.0 Å². The molecule has 3 aliphatic heterocycles. The van der Waals surface area contributed by atoms with E-state index in [1.54, 1.807) is 5.57 Å². The quantitative estimate of drug-likeness (QED) is 0.802. The van der Waals surface area contributed by atoms with Crippen LogP contribution in [0.3, 0.4) is 0 Å². The van der Waals surface area contributed by atoms with E-state index >= 15 is 0 Å². The Morgan fingerprint density at radius 1 is 1.35 bits per heavy atom. The zero-order chi connectivity index (χ0) is 15.7. The van der Waals surface area contributed by atoms with Gasteiger partial charge in [0.2, 0.25) is 0 Å². The number of piperidine rings is 1. The number of aryl methyl sites for hydroxylation is 1. The number of likely N-dealkylation sites (tertiary alicyclic amines) is 1. The summed E-state index contributed by atoms with van der Waals surface area (Å²) in [7, 11) is 0. The highest BCUT2D eigenvalue weighted by Gasteiger charge is 2.49. The highest BCUT2D eigenvalue weighted by atomic mass is 16.5. The highest BCUT2D eigenvalue weighted by Crippen LogP contribution is 2.48. The molecule has 0 bridgehead atoms. The molecule has 0 amide bonds. The predicted molar refractivity (Wildman–Crippen MR) is 86.1 cm³/mol. The summed E-state index contributed by atoms with van der Waals surface area (Å²) in [6, 6.07) is 2.60. The SMILES string of the molecule is Cc1cc(CN2CCC[C@]3(C4=CCOCC4)COCC[C@@H]23)on1. The minimum Gasteiger partial charge on any atom is -0.380 e. The second-order valence-electron chi connectivity index (χ2n) is 7.08. The van der Waals surface area contributed by atoms with Crippen LogP contribution in [0.1, 0.15) is 37.1 Å². The number of aromatic nitrogens is 1. The molecule has 0 aromatic carbocycles. The summed E-state index contributed by atoms with van der Waals surface area (Å²) in [5.41, 5.74) is 2.70. The van der Waals surface area contributed by atoms with E-state index < -0.39 is 0 Å². The molecule has 0 saturated carbocycles. The van der Waals surface area contributed by atoms with E-state index in [1.165, 1.54) is 12.8 Å². The van der Waals surface area contributed by atoms with Crippen LogP contribution in [0.15, 0.2) is 22.2 Å². The van der Waals surface area contributed by atoms with Crippen LogP contribution in [-0.4, -0.2) is 49.1 Å². The van der Waals surface area contributed by atoms with Gasteiger partial charge in [0.05, 0.1) is 32.1 Å². The lowest BCUT2D eigenvalue weighted by Gasteiger charge is -2.54. The average Bonchev–Trinajstić information content (AvgIpc) is 3.01. The number of hydrogen-bond acceptors (Lipinski definition) is 5. The molecule has 2 fully saturated rings. The second-order valence-corrected chi connectivity index (χ2v) is 7.08. The standard InChI is InChI=1S/C18H26N2O3/c1-14-11-16(23-19-14)12-20-7-2-6-18(13-22-10-5-17(18)20)15-3-8-21-9-4-15/h3,11,17H,2,4-10,12-13H2,1H3/t17-,18-/m1/s1. The van der Waals surface area contributed by atoms with Crippen LogP contribution in [0.2, 0.25) is 0 Å². The maximum atomic E-state index is 5.95. The van der Waals surface area contributed by atoms with Gasteiger partial charge in [0, 0.05) is 24.1 Å². The van der Waals surface area contributed by atoms with Crippen LogP contribution >= 0.6 is 0 Å². The number of nitrogens with zero attached hydrogens (tertiary/aromatic N) is 2. The first-order chi connectivity index (χ1) is 11.3. The van der Waals surface area contributed by atoms with E-state index in [0.29, 0.717) is 6.04 Å². The molecule has 0 N–H and O–H groups in total. The van der Waals surface area contributed by atoms with E-state index in [2.05, 4.69) is 22.2 Å². The van der Waals surface area contributed by atoms with Crippen LogP contribution in [0, 0.1) is 12.3 Å². The first kappa shape index (κ1) is 15.4. The van der Waals surface area contributed by atoms with Gasteiger partial charge < -0.3 is 14.0 Å². The largest absolute Gasteiger partial charge is 0.380 e. The average molecular weight is 318 g/mol. The first-order valence-corrected chi connectivity index (χ1v) is 8.79. The smallest absolute Gasteiger partial charge is 0.150 e. The fourth-order valence-corrected chi connectivity index (χ4v) is 4.67. The Balaban J connectivity index is 1.60. The zero-order valence-electron chi connectivity index (χ0n) is 13.9. The van der Waals surface area contributed by atoms with Gasteiger partial charge in [0.1, 0.15) is 0 Å². The number of ether oxygens (including phenoxy) is 2. The molecular weight excluding hydrogens is 292 g/mol. The van der Waals surface area contributed by atoms with Gasteiger partial charge in [0.25, 0.3) is 0 Å². The molecule has 5 nitrogen and oxygen atoms in total. The van der Waals surface area contributed by atoms with E-state index in [0.717, 1.165) is 63.8 Å². The van der Waals surface area contributed by atoms with Gasteiger partial charge in [-0.1, -0.05) is 16.8 Å². The summed E-state index contributed by atoms with van der Waals surface area (Å²) in [5.74, 6) is 0.978. The predicted octanol–water partition coefficient (Wildman–Crippen LogP) is 2.70. The fourth-order valence-electron chi connectivity index (χ4n) is 4.67. The Morgan fingerprint density at radius 2 is 2.30 bits per heavy atom. The zero-order valence-corrected chi connectivity index (χ0v) is 13.9. The summed E-state index contributed by atoms with van der Waals surface area (Å²) >= 11 is 0. The normalized spacial score (nSPS) is 32.4. The second kappa shape index (κ2) is 6.38. The van der Waals surface area contributed by atoms with Crippen LogP contribution in [-0.2, 0) is 16.0 Å². The topological polar surface area (TPSA) is 47.7 Å². The van der Waals surface area contributed by atoms with Crippen LogP contribution in [0.5, 0.6) is 0 Å². The van der Waals surface area contributed by atoms with Crippen molar-refractivity contribution in [2.24, 2.45) is 5.41 Å². The molecule has 2 atom stereocenters. The van der Waals surface area contributed by atoms with Crippen molar-refractivity contribution in [2.45, 2.75) is 45.2 Å². The lowest BCUT2D eigenvalue weighted by atomic mass is 9.65. The molecule has 1 aromatic heterocycles. The molecule has 0 spiro atoms. The summed E-state index contributed by atoms with van der Waals surface area (Å²) in [4.78, 5) is 2.60. The van der Waals surface area contributed by atoms with Crippen molar-refractivity contribution in [3.63, 3.8) is 0 Å². The van der Waals surface area contributed by atoms with E-state index in [4.69, 9.17) is 14.0 Å². The van der Waals surface area contributed by atoms with Crippen molar-refractivity contribution in [2.75, 3.05) is 33.0 Å². The summed E-state index contributed by atoms with van der Waals surface area (Å²) in [6.07, 6.45) is 6.91. The molecule has 2 saturated heterocycles. The molecule has 0 aliphatic carbocycles. The van der Waals surface area contributed by atoms with Crippen LogP contribution in [0.4, 0.5) is 0 Å². The molecule has 4 rings (SSSR count). The van der Waals surface area contributed by atoms with Gasteiger partial charge in [-0.2, -0.15) is 0 Å². The number of hydrogen-bond donors (Lipinski definition) is 0. The molecule has 4 heterocycles. The first-order valence-electron chi connectivity index (χ1n) is 8.79. The fraction of sp³-hybridized carbons (Fsp3) is 0.722. The molecule has 0 unspecified atom stereocenters. The third-order valence-corrected chi connectivity index (χ3v) is 5.68. The van der Waals surface area contributed by atoms with Gasteiger partial charge in [-0.25, -0.2) is 0 Å². The van der Waals surface area contributed by atoms with Crippen molar-refractivity contribution in [1.82, 2.24) is 10.1 Å². The minimum atomic E-state index is 0.176. The molecule has 126 valence electrons. The lowest BCUT2D eigenvalue weighted by Crippen LogP contribution is -2.57. The Bertz CT molecular complexity index is 579. The maximum absolute atomic E-state index is 5.95. The summed E-state index contributed by atoms with van der Waals surface area (Å²) in [5, 5.41) is 4.04. The Hall–Kier alpha value is -1.17. The third kappa shape index (κ3) is 2.86. The van der Waals surface area contributed by atoms with Crippen molar-refractivity contribution in [1.29, 1.82) is 0 Å². The Morgan fingerprint density at radius 3 is 3.09 bits per heavy atom. The van der Waals surface area contributed by atoms with Gasteiger partial charge in [-0.15, -0.1) is 0 Å². The van der Waals surface area contributed by atoms with Gasteiger partial charge in [0.15, 0.2) is 5.76 Å². The molecular formula is C18H26N2O3. The van der Waals surface area contributed by atoms with Gasteiger partial charge in [-0.05, 0) is 39.2 Å². The third-order valence-electron chi connectivity index (χ3n) is 5.68. The monoisotopic (exact) mass is 318 g/mol. The van der Waals surface area contributed by atoms with E-state index in [9.17, 15) is 0 Å². The molecule has 3 aliphatic rings. The van der Waals surface area contributed by atoms with Crippen LogP contribution in [0.25, 0.3) is 0 Å². The van der Waals surface area contributed by atoms with E-state index in [1.807, 2.05) is 6.92 Å². The molecule has 5 heteroatoms. The van der Waals surface area contributed by atoms with Crippen molar-refractivity contribution in [3.05, 3.63) is 29.2 Å². The minimum absolute atomic E-state index is 0.176. The summed E-state index contributed by atoms with van der Waals surface area (Å²) in [6.45, 7) is 7.30. The van der Waals surface area contributed by atoms with Gasteiger partial charge >= 0.3 is 0 Å². The highest BCUT2D eigenvalue weighted by molar-refractivity contribution is 5.23. The van der Waals surface area contributed by atoms with Gasteiger partial charge in [-0.3, -0.25) is 4.90 Å². The lowest BCUT2D eigenvalue weighted by molar-refractivity contribution is -0.0890. The van der Waals surface area contributed by atoms with E-state index in [-0.39, 0.29) is 5.41 Å². The Kier molecular flexibility index (Phi) is 4.26. The molecule has 23 heavy (non-hydrogen) atoms. The number of fused-ring (bicyclic) bond motifs is 1. The van der Waals surface area contributed by atoms with Crippen LogP contribution < -0.4 is 0 Å². The maximum Gasteiger partial charge on any atom is 0.150 e. The van der Waals surface area contributed by atoms with Crippen molar-refractivity contribution >= 4 is 0 Å². The Labute approximate surface area is 137 Å².